The Morgan fingerprint density at radius 2 is 0.922 bits per heavy atom. The molecule has 32 nitrogen and oxygen atoms in total. The second-order valence-corrected chi connectivity index (χ2v) is 32.7. The lowest BCUT2D eigenvalue weighted by Gasteiger charge is -2.39. The molecular formula is C81H96I2N10O22. The van der Waals surface area contributed by atoms with Crippen LogP contribution >= 0.6 is 45.2 Å². The number of halogens is 2. The highest BCUT2D eigenvalue weighted by Crippen LogP contribution is 2.47. The summed E-state index contributed by atoms with van der Waals surface area (Å²) in [5.74, 6) is -4.63. The van der Waals surface area contributed by atoms with Crippen molar-refractivity contribution in [1.29, 1.82) is 0 Å². The van der Waals surface area contributed by atoms with Gasteiger partial charge in [0.05, 0.1) is 84.5 Å². The number of likely N-dealkylation sites (tertiary alicyclic amines) is 4. The van der Waals surface area contributed by atoms with Gasteiger partial charge in [-0.05, 0) is 215 Å². The summed E-state index contributed by atoms with van der Waals surface area (Å²) in [6, 6.07) is 14.8. The Labute approximate surface area is 690 Å². The molecule has 0 bridgehead atoms. The number of carbonyl (C=O) groups excluding carboxylic acids is 8. The van der Waals surface area contributed by atoms with E-state index in [0.717, 1.165) is 84.9 Å². The highest BCUT2D eigenvalue weighted by Gasteiger charge is 2.52. The van der Waals surface area contributed by atoms with Crippen LogP contribution in [0.25, 0.3) is 44.6 Å². The number of hydrogen-bond donors (Lipinski definition) is 2. The van der Waals surface area contributed by atoms with E-state index in [1.54, 1.807) is 114 Å². The average molecular weight is 1820 g/mol. The summed E-state index contributed by atoms with van der Waals surface area (Å²) in [5, 5.41) is 6.42. The van der Waals surface area contributed by atoms with Crippen molar-refractivity contribution in [2.24, 2.45) is 0 Å². The number of fused-ring (bicyclic) bond motifs is 10. The first-order valence-corrected chi connectivity index (χ1v) is 42.0. The number of aryl methyl sites for hydroxylation is 2. The van der Waals surface area contributed by atoms with Crippen LogP contribution < -0.4 is 31.2 Å². The minimum Gasteiger partial charge on any atom is -0.457 e. The molecular weight excluding hydrogens is 1720 g/mol. The number of aromatic nitrogens is 4. The largest absolute Gasteiger partial charge is 0.457 e. The summed E-state index contributed by atoms with van der Waals surface area (Å²) in [5.41, 5.74) is 5.92. The highest BCUT2D eigenvalue weighted by molar-refractivity contribution is 14.1. The number of ether oxygens (including phenoxy) is 12. The smallest absolute Gasteiger partial charge is 0.415 e. The Bertz CT molecular complexity index is 4540. The number of pyridine rings is 4. The fraction of sp³-hybridized carbons (Fsp3) is 0.556. The predicted molar refractivity (Wildman–Crippen MR) is 430 cm³/mol. The van der Waals surface area contributed by atoms with Crippen LogP contribution in [0.1, 0.15) is 143 Å². The van der Waals surface area contributed by atoms with E-state index < -0.39 is 105 Å². The van der Waals surface area contributed by atoms with Gasteiger partial charge in [-0.3, -0.25) is 28.8 Å². The first-order chi connectivity index (χ1) is 55.7. The lowest BCUT2D eigenvalue weighted by molar-refractivity contribution is -0.190. The third-order valence-electron chi connectivity index (χ3n) is 22.5. The molecule has 12 heterocycles. The number of esters is 4. The maximum absolute atomic E-state index is 14.4. The molecule has 8 aliphatic heterocycles. The molecule has 616 valence electrons. The van der Waals surface area contributed by atoms with E-state index in [1.807, 2.05) is 26.0 Å². The Hall–Kier alpha value is -8.34. The first-order valence-electron chi connectivity index (χ1n) is 39.9. The third-order valence-corrected chi connectivity index (χ3v) is 25.0. The number of alkyl halides is 2. The number of nitrogens with one attached hydrogen (secondary N) is 2. The molecule has 0 aliphatic carbocycles. The van der Waals surface area contributed by atoms with Crippen molar-refractivity contribution in [2.45, 2.75) is 169 Å². The van der Waals surface area contributed by atoms with Gasteiger partial charge in [0.2, 0.25) is 11.8 Å². The Balaban J connectivity index is 0.526. The predicted octanol–water partition coefficient (Wildman–Crippen LogP) is 7.68. The van der Waals surface area contributed by atoms with E-state index in [1.165, 1.54) is 38.5 Å². The number of rotatable bonds is 30. The standard InChI is InChI=1S/C81H96I2N10O22/c1-5-52-54-34-50(112-78(102)90-28-20-48(21-29-90)88-24-11-9-12-25-88)16-18-62(54)86-72-56(52)40-92-64(72)36-60-58(74(92)98)42-110-76(100)80(60,82)114-68(96)38-84-66(94)44-108-70(46-104-7-3)106-32-15-33-107-71(47-105-8-4)109-45-67(95)85-39-69(97)115-81(83)61-37-65-73-57(41-93(65)75(99)59(61)43-111-77(81)101)53(6-2)55-35-51(17-19-63(55)87-73)113-79(103)91-30-22-49(23-31-91)89-26-13-10-14-27-89/h16-19,34-37,48-49,70-71H,5-15,20-33,38-47H2,1-4H3,(H,84,94)(H,85,95)/t70?,71?,80-,81-/m0/s1. The van der Waals surface area contributed by atoms with Gasteiger partial charge in [-0.2, -0.15) is 0 Å². The molecule has 8 aliphatic rings. The van der Waals surface area contributed by atoms with Crippen molar-refractivity contribution in [3.63, 3.8) is 0 Å². The molecule has 4 aromatic heterocycles. The third kappa shape index (κ3) is 18.2. The maximum Gasteiger partial charge on any atom is 0.415 e. The van der Waals surface area contributed by atoms with Gasteiger partial charge >= 0.3 is 36.1 Å². The van der Waals surface area contributed by atoms with Crippen molar-refractivity contribution in [3.05, 3.63) is 114 Å². The highest BCUT2D eigenvalue weighted by atomic mass is 127. The maximum atomic E-state index is 14.4. The number of amides is 4. The van der Waals surface area contributed by atoms with Gasteiger partial charge in [0.15, 0.2) is 12.6 Å². The quantitative estimate of drug-likeness (QED) is 0.0109. The molecule has 2 aromatic carbocycles. The average Bonchev–Trinajstić information content (AvgIpc) is 1.60. The van der Waals surface area contributed by atoms with Gasteiger partial charge in [0.1, 0.15) is 51.0 Å². The van der Waals surface area contributed by atoms with E-state index in [9.17, 15) is 47.9 Å². The number of hydrogen-bond acceptors (Lipinski definition) is 26. The Morgan fingerprint density at radius 1 is 0.522 bits per heavy atom. The van der Waals surface area contributed by atoms with Gasteiger partial charge in [0.25, 0.3) is 18.3 Å². The second kappa shape index (κ2) is 37.1. The molecule has 4 fully saturated rings. The fourth-order valence-electron chi connectivity index (χ4n) is 16.6. The summed E-state index contributed by atoms with van der Waals surface area (Å²) < 4.78 is 67.7. The van der Waals surface area contributed by atoms with Crippen molar-refractivity contribution >= 4 is 115 Å². The van der Waals surface area contributed by atoms with E-state index in [0.29, 0.717) is 96.4 Å². The first kappa shape index (κ1) is 83.2. The van der Waals surface area contributed by atoms with Crippen LogP contribution in [-0.4, -0.2) is 230 Å². The summed E-state index contributed by atoms with van der Waals surface area (Å²) in [6.45, 7) is 11.9. The lowest BCUT2D eigenvalue weighted by Crippen LogP contribution is -2.48. The molecule has 6 aromatic rings. The van der Waals surface area contributed by atoms with Gasteiger partial charge in [-0.25, -0.2) is 29.1 Å². The number of cyclic esters (lactones) is 2. The molecule has 2 unspecified atom stereocenters. The van der Waals surface area contributed by atoms with Crippen molar-refractivity contribution in [2.75, 3.05) is 118 Å². The zero-order valence-corrected chi connectivity index (χ0v) is 69.3. The molecule has 4 amide bonds. The van der Waals surface area contributed by atoms with Crippen molar-refractivity contribution in [3.8, 4) is 34.3 Å². The van der Waals surface area contributed by atoms with Crippen LogP contribution in [0.3, 0.4) is 0 Å². The zero-order chi connectivity index (χ0) is 80.7. The fourth-order valence-corrected chi connectivity index (χ4v) is 18.4. The van der Waals surface area contributed by atoms with Crippen LogP contribution in [0, 0.1) is 0 Å². The SMILES string of the molecule is CCOCC(OCCCOC(COCC)OCC(=O)NCC(=O)O[C@]1(I)C(=O)OCc2c1cc1n(c2=O)Cc2c-1nc1ccc(OC(=O)N3CCC(N4CCCCC4)CC3)cc1c2CC)OCC(=O)NCC(=O)O[C@]1(I)C(=O)OCc2c1cc1n(c2=O)Cc2c-1nc1ccc(OC(=O)N3CCC(N4CCCCC4)CC3)cc1c2CC. The number of nitrogens with zero attached hydrogens (tertiary/aromatic N) is 8. The molecule has 115 heavy (non-hydrogen) atoms. The monoisotopic (exact) mass is 1810 g/mol. The van der Waals surface area contributed by atoms with Gasteiger partial charge < -0.3 is 96.2 Å². The van der Waals surface area contributed by atoms with E-state index in [2.05, 4.69) is 20.4 Å². The van der Waals surface area contributed by atoms with Crippen LogP contribution in [0.15, 0.2) is 58.1 Å². The molecule has 14 rings (SSSR count). The summed E-state index contributed by atoms with van der Waals surface area (Å²) >= 11 is 3.30. The van der Waals surface area contributed by atoms with Crippen LogP contribution in [0.2, 0.25) is 0 Å². The molecule has 4 saturated heterocycles. The van der Waals surface area contributed by atoms with Crippen LogP contribution in [0.5, 0.6) is 11.5 Å². The van der Waals surface area contributed by atoms with E-state index in [4.69, 9.17) is 66.8 Å². The molecule has 34 heteroatoms. The minimum absolute atomic E-state index is 0.0310. The molecule has 2 N–H and O–H groups in total. The number of benzene rings is 2. The molecule has 0 radical (unpaired) electrons. The Kier molecular flexibility index (Phi) is 26.8. The van der Waals surface area contributed by atoms with E-state index in [-0.39, 0.29) is 94.6 Å². The zero-order valence-electron chi connectivity index (χ0n) is 65.0. The van der Waals surface area contributed by atoms with Gasteiger partial charge in [0, 0.05) is 84.5 Å². The molecule has 4 atom stereocenters. The minimum atomic E-state index is -2.13. The van der Waals surface area contributed by atoms with E-state index >= 15 is 0 Å². The topological polar surface area (TPSA) is 354 Å². The number of carbonyl (C=O) groups is 8. The normalized spacial score (nSPS) is 20.1. The molecule has 0 spiro atoms. The lowest BCUT2D eigenvalue weighted by atomic mass is 9.97. The summed E-state index contributed by atoms with van der Waals surface area (Å²) in [6.07, 6.45) is 9.47. The Morgan fingerprint density at radius 3 is 1.30 bits per heavy atom. The van der Waals surface area contributed by atoms with Gasteiger partial charge in [-0.15, -0.1) is 0 Å². The van der Waals surface area contributed by atoms with Crippen molar-refractivity contribution < 1.29 is 95.2 Å². The summed E-state index contributed by atoms with van der Waals surface area (Å²) in [7, 11) is 0. The number of piperidine rings is 4. The van der Waals surface area contributed by atoms with Crippen LogP contribution in [-0.2, 0) is 122 Å². The second-order valence-electron chi connectivity index (χ2n) is 29.6. The van der Waals surface area contributed by atoms with Crippen LogP contribution in [0.4, 0.5) is 9.59 Å². The van der Waals surface area contributed by atoms with Crippen molar-refractivity contribution in [1.82, 2.24) is 49.3 Å². The molecule has 0 saturated carbocycles. The summed E-state index contributed by atoms with van der Waals surface area (Å²) in [4.78, 5) is 155. The van der Waals surface area contributed by atoms with Gasteiger partial charge in [-0.1, -0.05) is 26.7 Å².